The zero-order chi connectivity index (χ0) is 39.6. The van der Waals surface area contributed by atoms with Gasteiger partial charge in [-0.25, -0.2) is 9.59 Å². The van der Waals surface area contributed by atoms with Crippen LogP contribution in [0.25, 0.3) is 0 Å². The third-order valence-corrected chi connectivity index (χ3v) is 8.94. The minimum atomic E-state index is -2.30. The molecule has 25 nitrogen and oxygen atoms in total. The van der Waals surface area contributed by atoms with E-state index in [4.69, 9.17) is 33.2 Å². The Balaban J connectivity index is 0.00000784. The van der Waals surface area contributed by atoms with E-state index >= 15 is 0 Å². The maximum atomic E-state index is 12.5. The second-order valence-corrected chi connectivity index (χ2v) is 12.7. The van der Waals surface area contributed by atoms with Crippen LogP contribution in [0, 0.1) is 0 Å². The van der Waals surface area contributed by atoms with Gasteiger partial charge in [0.25, 0.3) is 0 Å². The molecule has 1 radical (unpaired) electrons. The molecule has 0 aliphatic carbocycles. The maximum absolute atomic E-state index is 12.5. The maximum Gasteiger partial charge on any atom is 0.335 e. The van der Waals surface area contributed by atoms with Gasteiger partial charge in [-0.15, -0.1) is 0 Å². The van der Waals surface area contributed by atoms with Gasteiger partial charge < -0.3 is 105 Å². The van der Waals surface area contributed by atoms with E-state index in [0.29, 0.717) is 0 Å². The smallest absolute Gasteiger partial charge is 0.335 e. The van der Waals surface area contributed by atoms with E-state index in [9.17, 15) is 80.5 Å². The third-order valence-electron chi connectivity index (χ3n) is 8.94. The third kappa shape index (κ3) is 10.0. The van der Waals surface area contributed by atoms with Crippen LogP contribution in [-0.4, -0.2) is 251 Å². The van der Waals surface area contributed by atoms with Gasteiger partial charge in [0.1, 0.15) is 85.3 Å². The number of hydrogen-bond acceptors (Lipinski definition) is 21. The fourth-order valence-electron chi connectivity index (χ4n) is 6.30. The molecule has 4 rings (SSSR count). The van der Waals surface area contributed by atoms with E-state index in [1.807, 2.05) is 0 Å². The number of carbonyl (C=O) groups excluding carboxylic acids is 2. The summed E-state index contributed by atoms with van der Waals surface area (Å²) < 4.78 is 38.0. The normalized spacial score (nSPS) is 45.4. The van der Waals surface area contributed by atoms with Crippen molar-refractivity contribution in [1.29, 1.82) is 0 Å². The molecule has 0 spiro atoms. The van der Waals surface area contributed by atoms with Crippen molar-refractivity contribution < 1.29 is 114 Å². The van der Waals surface area contributed by atoms with E-state index in [-0.39, 0.29) is 29.6 Å². The minimum Gasteiger partial charge on any atom is -0.479 e. The zero-order valence-corrected chi connectivity index (χ0v) is 30.8. The van der Waals surface area contributed by atoms with Crippen LogP contribution in [0.5, 0.6) is 0 Å². The van der Waals surface area contributed by atoms with Crippen molar-refractivity contribution in [2.24, 2.45) is 0 Å². The van der Waals surface area contributed by atoms with E-state index in [1.165, 1.54) is 0 Å². The standard InChI is InChI=1S/C28H44N2O23.Na/c1-5(33)29-9-18(11(35)7(3-31)47-25(9)46)49-28-17(41)15(39)20(22(53-28)24(44)45)51-26-10(30-6(2)34)19(12(36)8(4-32)48-26)50-27-16(40)13(37)14(38)21(52-27)23(42)43;/h7-22,25-28,31-32,35-41,46H,3-4H2,1-2H3,(H,29,33)(H,30,34)(H,42,43)(H,44,45);. The van der Waals surface area contributed by atoms with Gasteiger partial charge >= 0.3 is 11.9 Å². The number of amides is 2. The number of carboxylic acid groups (broad SMARTS) is 2. The first-order valence-corrected chi connectivity index (χ1v) is 16.1. The molecule has 4 fully saturated rings. The zero-order valence-electron chi connectivity index (χ0n) is 28.8. The van der Waals surface area contributed by atoms with Crippen LogP contribution in [0.4, 0.5) is 0 Å². The molecular weight excluding hydrogens is 755 g/mol. The molecule has 4 saturated heterocycles. The summed E-state index contributed by atoms with van der Waals surface area (Å²) >= 11 is 0. The van der Waals surface area contributed by atoms with Crippen LogP contribution in [0.2, 0.25) is 0 Å². The van der Waals surface area contributed by atoms with E-state index in [1.54, 1.807) is 0 Å². The van der Waals surface area contributed by atoms with Crippen molar-refractivity contribution in [3.05, 3.63) is 0 Å². The van der Waals surface area contributed by atoms with Crippen molar-refractivity contribution >= 4 is 53.3 Å². The Morgan fingerprint density at radius 3 is 1.43 bits per heavy atom. The first-order valence-electron chi connectivity index (χ1n) is 16.1. The molecule has 20 unspecified atom stereocenters. The van der Waals surface area contributed by atoms with Gasteiger partial charge in [0.15, 0.2) is 37.4 Å². The van der Waals surface area contributed by atoms with Crippen LogP contribution in [0.3, 0.4) is 0 Å². The number of aliphatic hydroxyl groups excluding tert-OH is 10. The molecule has 54 heavy (non-hydrogen) atoms. The Kier molecular flexibility index (Phi) is 16.9. The number of aliphatic carboxylic acids is 2. The molecule has 0 bridgehead atoms. The molecular formula is C28H44N2NaO23. The average Bonchev–Trinajstić information content (AvgIpc) is 3.08. The molecule has 305 valence electrons. The number of rotatable bonds is 12. The number of carbonyl (C=O) groups is 4. The van der Waals surface area contributed by atoms with Crippen molar-refractivity contribution in [3.63, 3.8) is 0 Å². The first-order chi connectivity index (χ1) is 24.8. The largest absolute Gasteiger partial charge is 0.479 e. The van der Waals surface area contributed by atoms with Gasteiger partial charge in [0, 0.05) is 43.4 Å². The van der Waals surface area contributed by atoms with Crippen molar-refractivity contribution in [2.75, 3.05) is 13.2 Å². The Hall–Kier alpha value is -1.80. The Labute approximate surface area is 326 Å². The number of aliphatic hydroxyl groups is 10. The first kappa shape index (κ1) is 46.6. The predicted molar refractivity (Wildman–Crippen MR) is 164 cm³/mol. The number of hydrogen-bond donors (Lipinski definition) is 14. The summed E-state index contributed by atoms with van der Waals surface area (Å²) in [7, 11) is 0. The van der Waals surface area contributed by atoms with Gasteiger partial charge in [-0.3, -0.25) is 9.59 Å². The predicted octanol–water partition coefficient (Wildman–Crippen LogP) is -9.66. The summed E-state index contributed by atoms with van der Waals surface area (Å²) in [6.07, 6.45) is -36.5. The van der Waals surface area contributed by atoms with Gasteiger partial charge in [-0.05, 0) is 0 Å². The Morgan fingerprint density at radius 1 is 0.519 bits per heavy atom. The monoisotopic (exact) mass is 799 g/mol. The van der Waals surface area contributed by atoms with Gasteiger partial charge in [-0.1, -0.05) is 0 Å². The summed E-state index contributed by atoms with van der Waals surface area (Å²) in [5.74, 6) is -5.28. The molecule has 4 aliphatic rings. The molecule has 2 amide bonds. The molecule has 4 aliphatic heterocycles. The van der Waals surface area contributed by atoms with Crippen LogP contribution in [0.1, 0.15) is 13.8 Å². The number of nitrogens with one attached hydrogen (secondary N) is 2. The molecule has 0 saturated carbocycles. The van der Waals surface area contributed by atoms with Gasteiger partial charge in [0.2, 0.25) is 11.8 Å². The summed E-state index contributed by atoms with van der Waals surface area (Å²) in [6, 6.07) is -3.38. The molecule has 14 N–H and O–H groups in total. The van der Waals surface area contributed by atoms with Crippen LogP contribution >= 0.6 is 0 Å². The molecule has 20 atom stereocenters. The molecule has 26 heteroatoms. The molecule has 0 aromatic carbocycles. The Bertz CT molecular complexity index is 1300. The second-order valence-electron chi connectivity index (χ2n) is 12.7. The van der Waals surface area contributed by atoms with Crippen LogP contribution in [0.15, 0.2) is 0 Å². The van der Waals surface area contributed by atoms with Gasteiger partial charge in [-0.2, -0.15) is 0 Å². The minimum absolute atomic E-state index is 0. The summed E-state index contributed by atoms with van der Waals surface area (Å²) in [4.78, 5) is 48.2. The summed E-state index contributed by atoms with van der Waals surface area (Å²) in [5, 5.41) is 129. The fourth-order valence-corrected chi connectivity index (χ4v) is 6.30. The SMILES string of the molecule is CC(=O)NC1C(O)OC(CO)C(O)C1OC1OC(C(=O)O)C(OC2OC(CO)C(O)C(OC3OC(C(=O)O)C(O)C(O)C3O)C2NC(C)=O)C(O)C1O.[Na]. The quantitative estimate of drug-likeness (QED) is 0.0815. The molecule has 0 aromatic rings. The van der Waals surface area contributed by atoms with Crippen molar-refractivity contribution in [1.82, 2.24) is 10.6 Å². The summed E-state index contributed by atoms with van der Waals surface area (Å²) in [6.45, 7) is 0.116. The van der Waals surface area contributed by atoms with Crippen LogP contribution in [-0.2, 0) is 52.3 Å². The van der Waals surface area contributed by atoms with Crippen molar-refractivity contribution in [2.45, 2.75) is 137 Å². The van der Waals surface area contributed by atoms with E-state index in [0.717, 1.165) is 13.8 Å². The van der Waals surface area contributed by atoms with Gasteiger partial charge in [0.05, 0.1) is 13.2 Å². The second kappa shape index (κ2) is 19.6. The average molecular weight is 800 g/mol. The van der Waals surface area contributed by atoms with Crippen LogP contribution < -0.4 is 10.6 Å². The number of ether oxygens (including phenoxy) is 7. The fraction of sp³-hybridized carbons (Fsp3) is 0.857. The number of carboxylic acids is 2. The van der Waals surface area contributed by atoms with E-state index < -0.39 is 160 Å². The Morgan fingerprint density at radius 2 is 0.944 bits per heavy atom. The van der Waals surface area contributed by atoms with Crippen molar-refractivity contribution in [3.8, 4) is 0 Å². The molecule has 4 heterocycles. The summed E-state index contributed by atoms with van der Waals surface area (Å²) in [5.41, 5.74) is 0. The molecule has 0 aromatic heterocycles. The topological polar surface area (TPSA) is 400 Å². The van der Waals surface area contributed by atoms with E-state index in [2.05, 4.69) is 10.6 Å².